The van der Waals surface area contributed by atoms with E-state index in [0.717, 1.165) is 23.6 Å². The third kappa shape index (κ3) is 1.35. The highest BCUT2D eigenvalue weighted by Crippen LogP contribution is 2.60. The average Bonchev–Trinajstić information content (AvgIpc) is 2.76. The van der Waals surface area contributed by atoms with Crippen LogP contribution in [0.15, 0.2) is 4.52 Å². The summed E-state index contributed by atoms with van der Waals surface area (Å²) in [7, 11) is 0. The first kappa shape index (κ1) is 9.88. The predicted molar refractivity (Wildman–Crippen MR) is 62.0 cm³/mol. The van der Waals surface area contributed by atoms with Crippen LogP contribution in [0.3, 0.4) is 0 Å². The van der Waals surface area contributed by atoms with Gasteiger partial charge in [0.05, 0.1) is 0 Å². The molecule has 1 aromatic heterocycles. The van der Waals surface area contributed by atoms with Gasteiger partial charge in [-0.1, -0.05) is 5.16 Å². The summed E-state index contributed by atoms with van der Waals surface area (Å²) in [5.41, 5.74) is 2.64. The van der Waals surface area contributed by atoms with Crippen LogP contribution in [0.4, 0.5) is 6.01 Å². The molecule has 0 spiro atoms. The van der Waals surface area contributed by atoms with E-state index in [0.29, 0.717) is 6.01 Å². The number of nitrogens with zero attached hydrogens (tertiary/aromatic N) is 2. The van der Waals surface area contributed by atoms with E-state index in [2.05, 4.69) is 15.6 Å². The Bertz CT molecular complexity index is 406. The second kappa shape index (κ2) is 3.22. The van der Waals surface area contributed by atoms with Gasteiger partial charge in [-0.25, -0.2) is 5.84 Å². The summed E-state index contributed by atoms with van der Waals surface area (Å²) in [6, 6.07) is 0.343. The molecule has 3 N–H and O–H groups in total. The van der Waals surface area contributed by atoms with Gasteiger partial charge in [0.15, 0.2) is 5.82 Å². The summed E-state index contributed by atoms with van der Waals surface area (Å²) in [5.74, 6) is 8.89. The quantitative estimate of drug-likeness (QED) is 0.603. The number of hydrogen-bond acceptors (Lipinski definition) is 5. The minimum atomic E-state index is 0.202. The molecule has 0 aromatic carbocycles. The molecule has 4 aliphatic carbocycles. The van der Waals surface area contributed by atoms with E-state index in [-0.39, 0.29) is 5.41 Å². The van der Waals surface area contributed by atoms with Crippen LogP contribution in [0.5, 0.6) is 0 Å². The van der Waals surface area contributed by atoms with Crippen molar-refractivity contribution in [2.45, 2.75) is 43.9 Å². The molecule has 4 fully saturated rings. The van der Waals surface area contributed by atoms with Gasteiger partial charge in [0.25, 0.3) is 0 Å². The highest BCUT2D eigenvalue weighted by Gasteiger charge is 2.53. The lowest BCUT2D eigenvalue weighted by Gasteiger charge is -2.55. The Hall–Kier alpha value is -1.10. The molecule has 4 aliphatic rings. The molecule has 17 heavy (non-hydrogen) atoms. The van der Waals surface area contributed by atoms with Crippen LogP contribution in [-0.4, -0.2) is 10.1 Å². The van der Waals surface area contributed by atoms with Crippen molar-refractivity contribution >= 4 is 6.01 Å². The number of nitrogen functional groups attached to an aromatic ring is 1. The van der Waals surface area contributed by atoms with Crippen LogP contribution in [-0.2, 0) is 5.41 Å². The van der Waals surface area contributed by atoms with Crippen LogP contribution in [0.25, 0.3) is 0 Å². The van der Waals surface area contributed by atoms with E-state index in [9.17, 15) is 0 Å². The van der Waals surface area contributed by atoms with Gasteiger partial charge >= 0.3 is 6.01 Å². The van der Waals surface area contributed by atoms with Crippen molar-refractivity contribution in [3.05, 3.63) is 5.82 Å². The van der Waals surface area contributed by atoms with E-state index in [1.807, 2.05) is 0 Å². The number of rotatable bonds is 2. The Morgan fingerprint density at radius 3 is 2.18 bits per heavy atom. The van der Waals surface area contributed by atoms with Gasteiger partial charge in [-0.2, -0.15) is 4.98 Å². The van der Waals surface area contributed by atoms with E-state index in [1.54, 1.807) is 0 Å². The fourth-order valence-electron chi connectivity index (χ4n) is 4.88. The second-order valence-corrected chi connectivity index (χ2v) is 6.27. The Morgan fingerprint density at radius 2 is 1.71 bits per heavy atom. The molecule has 0 atom stereocenters. The normalized spacial score (nSPS) is 43.0. The molecule has 0 radical (unpaired) electrons. The molecule has 5 heteroatoms. The van der Waals surface area contributed by atoms with Gasteiger partial charge in [0.1, 0.15) is 0 Å². The van der Waals surface area contributed by atoms with E-state index in [1.165, 1.54) is 38.5 Å². The maximum Gasteiger partial charge on any atom is 0.335 e. The molecule has 1 aromatic rings. The predicted octanol–water partition coefficient (Wildman–Crippen LogP) is 1.82. The van der Waals surface area contributed by atoms with E-state index in [4.69, 9.17) is 10.4 Å². The van der Waals surface area contributed by atoms with Gasteiger partial charge in [0, 0.05) is 5.41 Å². The zero-order chi connectivity index (χ0) is 11.5. The average molecular weight is 234 g/mol. The van der Waals surface area contributed by atoms with Crippen LogP contribution < -0.4 is 11.3 Å². The zero-order valence-electron chi connectivity index (χ0n) is 9.85. The van der Waals surface area contributed by atoms with Crippen LogP contribution in [0.2, 0.25) is 0 Å². The number of anilines is 1. The van der Waals surface area contributed by atoms with Gasteiger partial charge < -0.3 is 4.52 Å². The molecule has 0 aliphatic heterocycles. The smallest absolute Gasteiger partial charge is 0.314 e. The third-order valence-electron chi connectivity index (χ3n) is 5.06. The lowest BCUT2D eigenvalue weighted by Crippen LogP contribution is -2.49. The molecule has 1 heterocycles. The van der Waals surface area contributed by atoms with Crippen molar-refractivity contribution in [3.8, 4) is 0 Å². The van der Waals surface area contributed by atoms with E-state index >= 15 is 0 Å². The largest absolute Gasteiger partial charge is 0.335 e. The van der Waals surface area contributed by atoms with Crippen molar-refractivity contribution in [1.29, 1.82) is 0 Å². The maximum absolute atomic E-state index is 5.31. The monoisotopic (exact) mass is 234 g/mol. The Balaban J connectivity index is 1.72. The molecule has 0 amide bonds. The fraction of sp³-hybridized carbons (Fsp3) is 0.833. The lowest BCUT2D eigenvalue weighted by molar-refractivity contribution is -0.0103. The summed E-state index contributed by atoms with van der Waals surface area (Å²) in [6.07, 6.45) is 8.05. The first-order valence-corrected chi connectivity index (χ1v) is 6.58. The maximum atomic E-state index is 5.31. The van der Waals surface area contributed by atoms with Crippen LogP contribution in [0.1, 0.15) is 44.3 Å². The lowest BCUT2D eigenvalue weighted by atomic mass is 9.49. The van der Waals surface area contributed by atoms with Crippen molar-refractivity contribution in [1.82, 2.24) is 10.1 Å². The second-order valence-electron chi connectivity index (χ2n) is 6.27. The van der Waals surface area contributed by atoms with Gasteiger partial charge in [-0.05, 0) is 56.3 Å². The molecule has 5 nitrogen and oxygen atoms in total. The zero-order valence-corrected chi connectivity index (χ0v) is 9.85. The summed E-state index contributed by atoms with van der Waals surface area (Å²) >= 11 is 0. The fourth-order valence-corrected chi connectivity index (χ4v) is 4.88. The first-order valence-electron chi connectivity index (χ1n) is 6.58. The topological polar surface area (TPSA) is 77.0 Å². The van der Waals surface area contributed by atoms with Crippen LogP contribution >= 0.6 is 0 Å². The molecule has 4 bridgehead atoms. The Kier molecular flexibility index (Phi) is 1.87. The number of nitrogens with two attached hydrogens (primary N) is 1. The molecule has 0 saturated heterocycles. The number of aromatic nitrogens is 2. The Morgan fingerprint density at radius 1 is 1.12 bits per heavy atom. The standard InChI is InChI=1S/C12H18N4O/c13-15-11-14-10(16-17-11)12-4-7-1-8(5-12)3-9(2-7)6-12/h7-9H,1-6,13H2,(H,14,15,16). The molecular formula is C12H18N4O. The van der Waals surface area contributed by atoms with Crippen LogP contribution in [0, 0.1) is 17.8 Å². The molecular weight excluding hydrogens is 216 g/mol. The molecule has 4 saturated carbocycles. The van der Waals surface area contributed by atoms with Gasteiger partial charge in [-0.3, -0.25) is 5.43 Å². The molecule has 0 unspecified atom stereocenters. The van der Waals surface area contributed by atoms with Crippen molar-refractivity contribution < 1.29 is 4.52 Å². The highest BCUT2D eigenvalue weighted by atomic mass is 16.5. The number of hydrogen-bond donors (Lipinski definition) is 2. The summed E-state index contributed by atoms with van der Waals surface area (Å²) in [4.78, 5) is 4.40. The highest BCUT2D eigenvalue weighted by molar-refractivity contribution is 5.22. The number of hydrazine groups is 1. The summed E-state index contributed by atoms with van der Waals surface area (Å²) < 4.78 is 5.11. The minimum absolute atomic E-state index is 0.202. The summed E-state index contributed by atoms with van der Waals surface area (Å²) in [6.45, 7) is 0. The SMILES string of the molecule is NNc1nc(C23CC4CC(CC(C4)C2)C3)no1. The van der Waals surface area contributed by atoms with Crippen molar-refractivity contribution in [2.24, 2.45) is 23.6 Å². The first-order chi connectivity index (χ1) is 8.27. The molecule has 5 rings (SSSR count). The Labute approximate surface area is 100 Å². The van der Waals surface area contributed by atoms with E-state index < -0.39 is 0 Å². The minimum Gasteiger partial charge on any atom is -0.314 e. The third-order valence-corrected chi connectivity index (χ3v) is 5.06. The van der Waals surface area contributed by atoms with Gasteiger partial charge in [0.2, 0.25) is 0 Å². The van der Waals surface area contributed by atoms with Crippen molar-refractivity contribution in [3.63, 3.8) is 0 Å². The van der Waals surface area contributed by atoms with Gasteiger partial charge in [-0.15, -0.1) is 0 Å². The summed E-state index contributed by atoms with van der Waals surface area (Å²) in [5, 5.41) is 4.15. The molecule has 92 valence electrons. The number of nitrogens with one attached hydrogen (secondary N) is 1. The van der Waals surface area contributed by atoms with Crippen molar-refractivity contribution in [2.75, 3.05) is 5.43 Å².